The van der Waals surface area contributed by atoms with Crippen molar-refractivity contribution in [2.24, 2.45) is 0 Å². The third-order valence-electron chi connectivity index (χ3n) is 5.55. The van der Waals surface area contributed by atoms with E-state index in [1.165, 1.54) is 29.8 Å². The van der Waals surface area contributed by atoms with Gasteiger partial charge in [0.15, 0.2) is 5.82 Å². The van der Waals surface area contributed by atoms with Crippen molar-refractivity contribution in [3.63, 3.8) is 0 Å². The summed E-state index contributed by atoms with van der Waals surface area (Å²) in [4.78, 5) is 7.72. The van der Waals surface area contributed by atoms with Crippen LogP contribution >= 0.6 is 0 Å². The fraction of sp³-hybridized carbons (Fsp3) is 0.273. The van der Waals surface area contributed by atoms with Crippen LogP contribution in [0.5, 0.6) is 0 Å². The summed E-state index contributed by atoms with van der Waals surface area (Å²) < 4.78 is 44.6. The van der Waals surface area contributed by atoms with Crippen molar-refractivity contribution in [3.8, 4) is 22.4 Å². The number of rotatable bonds is 5. The summed E-state index contributed by atoms with van der Waals surface area (Å²) in [6.07, 6.45) is 4.22. The molecule has 1 unspecified atom stereocenters. The van der Waals surface area contributed by atoms with Gasteiger partial charge in [-0.05, 0) is 31.0 Å². The molecular formula is C22H24FN5O2S. The summed E-state index contributed by atoms with van der Waals surface area (Å²) in [5.41, 5.74) is 6.78. The average molecular weight is 442 g/mol. The Balaban J connectivity index is 1.90. The third-order valence-corrected chi connectivity index (χ3v) is 7.52. The summed E-state index contributed by atoms with van der Waals surface area (Å²) in [6.45, 7) is 1.38. The molecule has 1 aliphatic heterocycles. The largest absolute Gasteiger partial charge is 0.382 e. The molecule has 31 heavy (non-hydrogen) atoms. The van der Waals surface area contributed by atoms with Crippen LogP contribution in [0.3, 0.4) is 0 Å². The molecular weight excluding hydrogens is 417 g/mol. The molecule has 9 heteroatoms. The van der Waals surface area contributed by atoms with Gasteiger partial charge in [-0.15, -0.1) is 0 Å². The van der Waals surface area contributed by atoms with E-state index >= 15 is 4.39 Å². The van der Waals surface area contributed by atoms with Gasteiger partial charge in [-0.2, -0.15) is 4.31 Å². The normalized spacial score (nSPS) is 17.1. The van der Waals surface area contributed by atoms with Gasteiger partial charge in [0.2, 0.25) is 10.0 Å². The predicted molar refractivity (Wildman–Crippen MR) is 118 cm³/mol. The molecule has 2 aromatic carbocycles. The first-order valence-electron chi connectivity index (χ1n) is 10.0. The molecule has 7 nitrogen and oxygen atoms in total. The Morgan fingerprint density at radius 3 is 2.48 bits per heavy atom. The van der Waals surface area contributed by atoms with Gasteiger partial charge < -0.3 is 11.1 Å². The molecule has 1 aliphatic rings. The highest BCUT2D eigenvalue weighted by atomic mass is 32.2. The minimum absolute atomic E-state index is 0.0564. The van der Waals surface area contributed by atoms with Crippen LogP contribution in [0.15, 0.2) is 59.8 Å². The second-order valence-corrected chi connectivity index (χ2v) is 9.45. The molecule has 0 aliphatic carbocycles. The number of hydrogen-bond acceptors (Lipinski definition) is 6. The van der Waals surface area contributed by atoms with Gasteiger partial charge in [0, 0.05) is 30.8 Å². The molecule has 0 saturated carbocycles. The molecule has 0 spiro atoms. The zero-order chi connectivity index (χ0) is 22.0. The van der Waals surface area contributed by atoms with E-state index in [0.29, 0.717) is 24.1 Å². The van der Waals surface area contributed by atoms with Crippen molar-refractivity contribution in [2.45, 2.75) is 23.8 Å². The predicted octanol–water partition coefficient (Wildman–Crippen LogP) is 2.90. The number of nitrogens with one attached hydrogen (secondary N) is 1. The first-order chi connectivity index (χ1) is 14.9. The summed E-state index contributed by atoms with van der Waals surface area (Å²) >= 11 is 0. The summed E-state index contributed by atoms with van der Waals surface area (Å²) in [5.74, 6) is -0.654. The Bertz CT molecular complexity index is 1160. The van der Waals surface area contributed by atoms with Crippen molar-refractivity contribution in [3.05, 3.63) is 60.7 Å². The first kappa shape index (κ1) is 21.4. The minimum Gasteiger partial charge on any atom is -0.382 e. The Morgan fingerprint density at radius 2 is 1.84 bits per heavy atom. The highest BCUT2D eigenvalue weighted by Gasteiger charge is 2.34. The maximum Gasteiger partial charge on any atom is 0.246 e. The van der Waals surface area contributed by atoms with Crippen LogP contribution in [0.1, 0.15) is 12.8 Å². The van der Waals surface area contributed by atoms with Crippen molar-refractivity contribution in [1.82, 2.24) is 19.6 Å². The maximum atomic E-state index is 15.9. The van der Waals surface area contributed by atoms with Gasteiger partial charge in [0.25, 0.3) is 0 Å². The standard InChI is InChI=1S/C22H24FN5O2S/c1-28(16-8-5-11-25-12-16)31(29,30)22-17(15-6-3-2-4-7-15)9-10-18(21(22)23)19-13-27-20(24)14-26-19/h2-4,6-7,9-10,13-14,16,25H,5,8,11-12H2,1H3,(H2,24,27). The van der Waals surface area contributed by atoms with Gasteiger partial charge in [0.05, 0.1) is 18.1 Å². The number of likely N-dealkylation sites (N-methyl/N-ethyl adjacent to an activating group) is 1. The summed E-state index contributed by atoms with van der Waals surface area (Å²) in [6, 6.07) is 11.8. The second-order valence-electron chi connectivity index (χ2n) is 7.52. The zero-order valence-corrected chi connectivity index (χ0v) is 17.9. The lowest BCUT2D eigenvalue weighted by Crippen LogP contribution is -2.46. The van der Waals surface area contributed by atoms with Crippen molar-refractivity contribution >= 4 is 15.8 Å². The van der Waals surface area contributed by atoms with Crippen molar-refractivity contribution < 1.29 is 12.8 Å². The monoisotopic (exact) mass is 441 g/mol. The Morgan fingerprint density at radius 1 is 1.10 bits per heavy atom. The van der Waals surface area contributed by atoms with E-state index in [1.54, 1.807) is 30.3 Å². The molecule has 1 fully saturated rings. The van der Waals surface area contributed by atoms with Crippen LogP contribution in [0.4, 0.5) is 10.2 Å². The average Bonchev–Trinajstić information content (AvgIpc) is 2.80. The molecule has 1 aromatic heterocycles. The number of piperidine rings is 1. The van der Waals surface area contributed by atoms with Gasteiger partial charge >= 0.3 is 0 Å². The van der Waals surface area contributed by atoms with Crippen LogP contribution < -0.4 is 11.1 Å². The Hall–Kier alpha value is -2.88. The number of anilines is 1. The van der Waals surface area contributed by atoms with Gasteiger partial charge in [-0.1, -0.05) is 36.4 Å². The molecule has 0 radical (unpaired) electrons. The van der Waals surface area contributed by atoms with E-state index in [-0.39, 0.29) is 28.0 Å². The molecule has 3 N–H and O–H groups in total. The number of nitrogens with two attached hydrogens (primary N) is 1. The molecule has 3 aromatic rings. The van der Waals surface area contributed by atoms with Crippen molar-refractivity contribution in [2.75, 3.05) is 25.9 Å². The van der Waals surface area contributed by atoms with E-state index in [1.807, 2.05) is 6.07 Å². The number of nitrogens with zero attached hydrogens (tertiary/aromatic N) is 3. The number of aromatic nitrogens is 2. The highest BCUT2D eigenvalue weighted by molar-refractivity contribution is 7.89. The number of nitrogen functional groups attached to an aromatic ring is 1. The van der Waals surface area contributed by atoms with Gasteiger partial charge in [-0.25, -0.2) is 17.8 Å². The zero-order valence-electron chi connectivity index (χ0n) is 17.1. The van der Waals surface area contributed by atoms with E-state index in [2.05, 4.69) is 15.3 Å². The van der Waals surface area contributed by atoms with E-state index in [0.717, 1.165) is 13.0 Å². The lowest BCUT2D eigenvalue weighted by molar-refractivity contribution is 0.299. The molecule has 0 bridgehead atoms. The fourth-order valence-corrected chi connectivity index (χ4v) is 5.47. The number of halogens is 1. The fourth-order valence-electron chi connectivity index (χ4n) is 3.81. The van der Waals surface area contributed by atoms with Crippen LogP contribution in [0, 0.1) is 5.82 Å². The van der Waals surface area contributed by atoms with Gasteiger partial charge in [0.1, 0.15) is 10.7 Å². The minimum atomic E-state index is -4.14. The van der Waals surface area contributed by atoms with E-state index < -0.39 is 15.8 Å². The molecule has 1 saturated heterocycles. The SMILES string of the molecule is CN(C1CCCNC1)S(=O)(=O)c1c(-c2ccccc2)ccc(-c2cnc(N)cn2)c1F. The number of sulfonamides is 1. The van der Waals surface area contributed by atoms with E-state index in [9.17, 15) is 8.42 Å². The van der Waals surface area contributed by atoms with Crippen LogP contribution in [-0.2, 0) is 10.0 Å². The summed E-state index contributed by atoms with van der Waals surface area (Å²) in [7, 11) is -2.63. The number of benzene rings is 2. The van der Waals surface area contributed by atoms with Crippen LogP contribution in [0.25, 0.3) is 22.4 Å². The summed E-state index contributed by atoms with van der Waals surface area (Å²) in [5, 5.41) is 3.21. The smallest absolute Gasteiger partial charge is 0.246 e. The number of hydrogen-bond donors (Lipinski definition) is 2. The first-order valence-corrected chi connectivity index (χ1v) is 11.5. The lowest BCUT2D eigenvalue weighted by Gasteiger charge is -2.31. The topological polar surface area (TPSA) is 101 Å². The lowest BCUT2D eigenvalue weighted by atomic mass is 10.0. The molecule has 0 amide bonds. The Kier molecular flexibility index (Phi) is 5.99. The highest BCUT2D eigenvalue weighted by Crippen LogP contribution is 2.36. The van der Waals surface area contributed by atoms with Crippen LogP contribution in [0.2, 0.25) is 0 Å². The molecule has 1 atom stereocenters. The Labute approximate surface area is 181 Å². The molecule has 162 valence electrons. The molecule has 2 heterocycles. The maximum absolute atomic E-state index is 15.9. The third kappa shape index (κ3) is 4.16. The quantitative estimate of drug-likeness (QED) is 0.631. The second kappa shape index (κ2) is 8.70. The van der Waals surface area contributed by atoms with E-state index in [4.69, 9.17) is 5.73 Å². The van der Waals surface area contributed by atoms with Gasteiger partial charge in [-0.3, -0.25) is 4.98 Å². The molecule has 4 rings (SSSR count). The van der Waals surface area contributed by atoms with Crippen LogP contribution in [-0.4, -0.2) is 48.9 Å². The van der Waals surface area contributed by atoms with Crippen molar-refractivity contribution in [1.29, 1.82) is 0 Å².